The van der Waals surface area contributed by atoms with Crippen LogP contribution in [-0.2, 0) is 16.1 Å². The number of rotatable bonds is 11. The molecule has 2 aromatic rings. The molecule has 2 aromatic carbocycles. The molecule has 0 saturated carbocycles. The minimum atomic E-state index is -1.08. The normalized spacial score (nSPS) is 13.9. The first-order chi connectivity index (χ1) is 16.6. The summed E-state index contributed by atoms with van der Waals surface area (Å²) in [4.78, 5) is 38.5. The van der Waals surface area contributed by atoms with E-state index < -0.39 is 11.8 Å². The number of halogens is 1. The van der Waals surface area contributed by atoms with Gasteiger partial charge in [0.05, 0.1) is 23.8 Å². The quantitative estimate of drug-likeness (QED) is 0.295. The predicted octanol–water partition coefficient (Wildman–Crippen LogP) is 7.55. The van der Waals surface area contributed by atoms with E-state index in [9.17, 15) is 19.5 Å². The molecule has 0 spiro atoms. The van der Waals surface area contributed by atoms with Crippen LogP contribution in [0.1, 0.15) is 83.7 Å². The Kier molecular flexibility index (Phi) is 12.3. The molecular formula is C30H40FNO4S. The molecule has 1 heterocycles. The second-order valence-electron chi connectivity index (χ2n) is 9.33. The lowest BCUT2D eigenvalue weighted by molar-refractivity contribution is -0.128. The Balaban J connectivity index is 0.00000342. The third-order valence-corrected chi connectivity index (χ3v) is 6.85. The summed E-state index contributed by atoms with van der Waals surface area (Å²) in [6.45, 7) is 6.13. The second kappa shape index (κ2) is 14.1. The van der Waals surface area contributed by atoms with Crippen LogP contribution in [0.25, 0.3) is 11.1 Å². The molecule has 0 radical (unpaired) electrons. The number of carboxylic acid groups (broad SMARTS) is 1. The number of hydrogen-bond acceptors (Lipinski definition) is 4. The molecule has 37 heavy (non-hydrogen) atoms. The van der Waals surface area contributed by atoms with Crippen LogP contribution >= 0.6 is 12.6 Å². The van der Waals surface area contributed by atoms with Crippen molar-refractivity contribution in [2.45, 2.75) is 79.5 Å². The van der Waals surface area contributed by atoms with Crippen molar-refractivity contribution in [1.29, 1.82) is 0 Å². The van der Waals surface area contributed by atoms with Gasteiger partial charge < -0.3 is 10.0 Å². The lowest BCUT2D eigenvalue weighted by Crippen LogP contribution is -2.26. The third kappa shape index (κ3) is 7.78. The summed E-state index contributed by atoms with van der Waals surface area (Å²) in [6, 6.07) is 11.0. The second-order valence-corrected chi connectivity index (χ2v) is 9.95. The SMILES string of the molecule is C.C.CCC1=C(CCC(=O)C(S)CC(C)C)N(Cc2ccc(-c3ccccc3C(=O)O)cc2F)C(=O)C1. The number of aromatic carboxylic acids is 1. The number of hydrogen-bond donors (Lipinski definition) is 2. The van der Waals surface area contributed by atoms with Crippen LogP contribution in [0.5, 0.6) is 0 Å². The Labute approximate surface area is 226 Å². The first-order valence-corrected chi connectivity index (χ1v) is 12.5. The van der Waals surface area contributed by atoms with Gasteiger partial charge in [-0.2, -0.15) is 12.6 Å². The van der Waals surface area contributed by atoms with E-state index in [1.807, 2.05) is 20.8 Å². The Hall–Kier alpha value is -2.93. The zero-order valence-electron chi connectivity index (χ0n) is 20.4. The van der Waals surface area contributed by atoms with Gasteiger partial charge in [-0.3, -0.25) is 9.59 Å². The Morgan fingerprint density at radius 1 is 1.14 bits per heavy atom. The average molecular weight is 530 g/mol. The van der Waals surface area contributed by atoms with Crippen LogP contribution in [0.15, 0.2) is 53.7 Å². The van der Waals surface area contributed by atoms with Gasteiger partial charge in [0, 0.05) is 17.7 Å². The maximum Gasteiger partial charge on any atom is 0.336 e. The number of benzene rings is 2. The number of ketones is 1. The first kappa shape index (κ1) is 32.1. The molecule has 1 aliphatic heterocycles. The monoisotopic (exact) mass is 529 g/mol. The molecular weight excluding hydrogens is 489 g/mol. The topological polar surface area (TPSA) is 74.7 Å². The highest BCUT2D eigenvalue weighted by atomic mass is 32.1. The van der Waals surface area contributed by atoms with E-state index in [2.05, 4.69) is 12.6 Å². The van der Waals surface area contributed by atoms with Crippen molar-refractivity contribution in [3.05, 3.63) is 70.7 Å². The fourth-order valence-electron chi connectivity index (χ4n) is 4.47. The van der Waals surface area contributed by atoms with Crippen LogP contribution in [0.3, 0.4) is 0 Å². The van der Waals surface area contributed by atoms with E-state index in [0.717, 1.165) is 11.3 Å². The van der Waals surface area contributed by atoms with Crippen molar-refractivity contribution in [3.8, 4) is 11.1 Å². The first-order valence-electron chi connectivity index (χ1n) is 12.0. The van der Waals surface area contributed by atoms with Crippen LogP contribution < -0.4 is 0 Å². The summed E-state index contributed by atoms with van der Waals surface area (Å²) in [6.07, 6.45) is 2.38. The van der Waals surface area contributed by atoms with Crippen molar-refractivity contribution in [3.63, 3.8) is 0 Å². The maximum absolute atomic E-state index is 15.1. The van der Waals surface area contributed by atoms with E-state index in [-0.39, 0.29) is 56.7 Å². The molecule has 7 heteroatoms. The third-order valence-electron chi connectivity index (χ3n) is 6.35. The number of Topliss-reactive ketones (excluding diaryl/α,β-unsaturated/α-hetero) is 1. The summed E-state index contributed by atoms with van der Waals surface area (Å²) in [5, 5.41) is 9.11. The van der Waals surface area contributed by atoms with Gasteiger partial charge in [-0.1, -0.05) is 66.0 Å². The predicted molar refractivity (Wildman–Crippen MR) is 151 cm³/mol. The fraction of sp³-hybridized carbons (Fsp3) is 0.433. The van der Waals surface area contributed by atoms with E-state index in [0.29, 0.717) is 41.9 Å². The highest BCUT2D eigenvalue weighted by molar-refractivity contribution is 7.81. The van der Waals surface area contributed by atoms with Gasteiger partial charge in [0.15, 0.2) is 0 Å². The van der Waals surface area contributed by atoms with Crippen LogP contribution in [-0.4, -0.2) is 32.9 Å². The molecule has 1 N–H and O–H groups in total. The molecule has 5 nitrogen and oxygen atoms in total. The zero-order valence-corrected chi connectivity index (χ0v) is 21.3. The number of thiol groups is 1. The van der Waals surface area contributed by atoms with Gasteiger partial charge in [0.2, 0.25) is 5.91 Å². The summed E-state index contributed by atoms with van der Waals surface area (Å²) in [5.41, 5.74) is 3.10. The zero-order chi connectivity index (χ0) is 25.7. The molecule has 1 unspecified atom stereocenters. The van der Waals surface area contributed by atoms with E-state index in [4.69, 9.17) is 0 Å². The van der Waals surface area contributed by atoms with E-state index >= 15 is 4.39 Å². The van der Waals surface area contributed by atoms with Gasteiger partial charge in [-0.25, -0.2) is 9.18 Å². The Morgan fingerprint density at radius 2 is 1.81 bits per heavy atom. The van der Waals surface area contributed by atoms with Crippen LogP contribution in [0.2, 0.25) is 0 Å². The van der Waals surface area contributed by atoms with Gasteiger partial charge in [-0.05, 0) is 54.0 Å². The van der Waals surface area contributed by atoms with Gasteiger partial charge in [0.1, 0.15) is 11.6 Å². The fourth-order valence-corrected chi connectivity index (χ4v) is 5.02. The summed E-state index contributed by atoms with van der Waals surface area (Å²) in [5.74, 6) is -1.28. The molecule has 202 valence electrons. The van der Waals surface area contributed by atoms with Crippen molar-refractivity contribution >= 4 is 30.3 Å². The highest BCUT2D eigenvalue weighted by Crippen LogP contribution is 2.33. The van der Waals surface area contributed by atoms with Crippen LogP contribution in [0.4, 0.5) is 4.39 Å². The van der Waals surface area contributed by atoms with Crippen molar-refractivity contribution in [1.82, 2.24) is 4.90 Å². The van der Waals surface area contributed by atoms with Gasteiger partial charge in [-0.15, -0.1) is 0 Å². The van der Waals surface area contributed by atoms with E-state index in [1.54, 1.807) is 35.2 Å². The molecule has 1 amide bonds. The Bertz CT molecular complexity index is 1160. The van der Waals surface area contributed by atoms with Gasteiger partial charge in [0.25, 0.3) is 0 Å². The number of carbonyl (C=O) groups excluding carboxylic acids is 2. The molecule has 1 atom stereocenters. The standard InChI is InChI=1S/C28H32FNO4S.2CH4/c1-4-18-15-27(32)30(24(18)11-12-25(31)26(35)13-17(2)3)16-20-10-9-19(14-23(20)29)21-7-5-6-8-22(21)28(33)34;;/h5-10,14,17,26,35H,4,11-13,15-16H2,1-3H3,(H,33,34);2*1H4. The Morgan fingerprint density at radius 3 is 2.41 bits per heavy atom. The van der Waals surface area contributed by atoms with E-state index in [1.165, 1.54) is 12.1 Å². The van der Waals surface area contributed by atoms with Crippen LogP contribution in [0, 0.1) is 11.7 Å². The number of carboxylic acids is 1. The highest BCUT2D eigenvalue weighted by Gasteiger charge is 2.30. The number of amides is 1. The average Bonchev–Trinajstić information content (AvgIpc) is 3.12. The van der Waals surface area contributed by atoms with Gasteiger partial charge >= 0.3 is 5.97 Å². The van der Waals surface area contributed by atoms with Crippen molar-refractivity contribution in [2.75, 3.05) is 0 Å². The molecule has 1 aliphatic rings. The molecule has 3 rings (SSSR count). The number of carbonyl (C=O) groups is 3. The summed E-state index contributed by atoms with van der Waals surface area (Å²) < 4.78 is 15.1. The molecule has 0 aliphatic carbocycles. The largest absolute Gasteiger partial charge is 0.478 e. The lowest BCUT2D eigenvalue weighted by atomic mass is 9.98. The summed E-state index contributed by atoms with van der Waals surface area (Å²) >= 11 is 4.45. The minimum absolute atomic E-state index is 0. The molecule has 0 fully saturated rings. The summed E-state index contributed by atoms with van der Waals surface area (Å²) in [7, 11) is 0. The lowest BCUT2D eigenvalue weighted by Gasteiger charge is -2.22. The van der Waals surface area contributed by atoms with Crippen molar-refractivity contribution in [2.24, 2.45) is 5.92 Å². The smallest absolute Gasteiger partial charge is 0.336 e. The number of allylic oxidation sites excluding steroid dienone is 1. The van der Waals surface area contributed by atoms with Crippen molar-refractivity contribution < 1.29 is 23.9 Å². The molecule has 0 bridgehead atoms. The number of nitrogens with zero attached hydrogens (tertiary/aromatic N) is 1. The molecule has 0 saturated heterocycles. The minimum Gasteiger partial charge on any atom is -0.478 e. The maximum atomic E-state index is 15.1. The molecule has 0 aromatic heterocycles.